The van der Waals surface area contributed by atoms with Crippen LogP contribution in [0.3, 0.4) is 0 Å². The number of rotatable bonds is 10. The molecule has 0 aliphatic carbocycles. The highest BCUT2D eigenvalue weighted by atomic mass is 35.5. The Morgan fingerprint density at radius 3 is 2.23 bits per heavy atom. The zero-order chi connectivity index (χ0) is 25.4. The Labute approximate surface area is 213 Å². The summed E-state index contributed by atoms with van der Waals surface area (Å²) in [6.45, 7) is 8.29. The van der Waals surface area contributed by atoms with Gasteiger partial charge in [-0.05, 0) is 62.1 Å². The zero-order valence-corrected chi connectivity index (χ0v) is 21.6. The molecule has 2 amide bonds. The van der Waals surface area contributed by atoms with E-state index in [1.807, 2.05) is 94.4 Å². The monoisotopic (exact) mass is 492 g/mol. The average molecular weight is 493 g/mol. The van der Waals surface area contributed by atoms with Gasteiger partial charge in [0.1, 0.15) is 11.8 Å². The summed E-state index contributed by atoms with van der Waals surface area (Å²) in [6.07, 6.45) is 0.406. The number of aryl methyl sites for hydroxylation is 3. The quantitative estimate of drug-likeness (QED) is 0.411. The lowest BCUT2D eigenvalue weighted by Crippen LogP contribution is -2.51. The zero-order valence-electron chi connectivity index (χ0n) is 20.8. The molecule has 5 nitrogen and oxygen atoms in total. The highest BCUT2D eigenvalue weighted by molar-refractivity contribution is 6.32. The fourth-order valence-corrected chi connectivity index (χ4v) is 4.18. The van der Waals surface area contributed by atoms with Crippen LogP contribution in [0, 0.1) is 20.8 Å². The number of nitrogens with one attached hydrogen (secondary N) is 1. The van der Waals surface area contributed by atoms with E-state index in [1.54, 1.807) is 4.90 Å². The molecule has 0 radical (unpaired) electrons. The van der Waals surface area contributed by atoms with Gasteiger partial charge in [-0.25, -0.2) is 0 Å². The van der Waals surface area contributed by atoms with Crippen molar-refractivity contribution in [1.82, 2.24) is 10.2 Å². The summed E-state index contributed by atoms with van der Waals surface area (Å²) in [7, 11) is 0. The Hall–Kier alpha value is -3.31. The van der Waals surface area contributed by atoms with Crippen molar-refractivity contribution in [2.24, 2.45) is 0 Å². The second-order valence-electron chi connectivity index (χ2n) is 8.77. The minimum atomic E-state index is -0.678. The number of carbonyl (C=O) groups is 2. The predicted molar refractivity (Wildman–Crippen MR) is 141 cm³/mol. The Kier molecular flexibility index (Phi) is 9.32. The van der Waals surface area contributed by atoms with E-state index in [0.29, 0.717) is 30.3 Å². The van der Waals surface area contributed by atoms with Crippen molar-refractivity contribution in [3.63, 3.8) is 0 Å². The third-order valence-corrected chi connectivity index (χ3v) is 6.43. The number of amides is 2. The fraction of sp³-hybridized carbons (Fsp3) is 0.310. The maximum absolute atomic E-state index is 13.6. The molecular weight excluding hydrogens is 460 g/mol. The van der Waals surface area contributed by atoms with Gasteiger partial charge in [0.15, 0.2) is 6.61 Å². The molecule has 0 saturated carbocycles. The van der Waals surface area contributed by atoms with Crippen molar-refractivity contribution in [2.75, 3.05) is 13.2 Å². The standard InChI is InChI=1S/C29H33ClN2O3/c1-5-31-29(34)26(17-23-11-7-6-8-12-23)32(18-24-13-9-10-20(2)14-24)27(33)19-35-25-15-21(3)28(30)22(4)16-25/h6-16,26H,5,17-19H2,1-4H3,(H,31,34). The van der Waals surface area contributed by atoms with Gasteiger partial charge in [-0.1, -0.05) is 71.8 Å². The molecule has 3 aromatic carbocycles. The number of hydrogen-bond acceptors (Lipinski definition) is 3. The van der Waals surface area contributed by atoms with Gasteiger partial charge >= 0.3 is 0 Å². The molecule has 3 rings (SSSR count). The number of benzene rings is 3. The molecule has 1 unspecified atom stereocenters. The molecule has 0 heterocycles. The Balaban J connectivity index is 1.90. The lowest BCUT2D eigenvalue weighted by molar-refractivity contribution is -0.142. The first-order valence-electron chi connectivity index (χ1n) is 11.8. The molecule has 0 saturated heterocycles. The molecule has 0 aliphatic heterocycles. The SMILES string of the molecule is CCNC(=O)C(Cc1ccccc1)N(Cc1cccc(C)c1)C(=O)COc1cc(C)c(Cl)c(C)c1. The van der Waals surface area contributed by atoms with E-state index in [9.17, 15) is 9.59 Å². The topological polar surface area (TPSA) is 58.6 Å². The van der Waals surface area contributed by atoms with Crippen LogP contribution in [0.4, 0.5) is 0 Å². The number of likely N-dealkylation sites (N-methyl/N-ethyl adjacent to an activating group) is 1. The van der Waals surface area contributed by atoms with E-state index < -0.39 is 6.04 Å². The van der Waals surface area contributed by atoms with Gasteiger partial charge in [0.25, 0.3) is 5.91 Å². The van der Waals surface area contributed by atoms with Crippen molar-refractivity contribution in [1.29, 1.82) is 0 Å². The molecule has 184 valence electrons. The van der Waals surface area contributed by atoms with Crippen LogP contribution in [-0.4, -0.2) is 35.9 Å². The van der Waals surface area contributed by atoms with Gasteiger partial charge < -0.3 is 15.0 Å². The van der Waals surface area contributed by atoms with Gasteiger partial charge in [-0.3, -0.25) is 9.59 Å². The number of halogens is 1. The van der Waals surface area contributed by atoms with Crippen LogP contribution >= 0.6 is 11.6 Å². The number of ether oxygens (including phenoxy) is 1. The lowest BCUT2D eigenvalue weighted by Gasteiger charge is -2.31. The van der Waals surface area contributed by atoms with Gasteiger partial charge in [0, 0.05) is 24.5 Å². The second-order valence-corrected chi connectivity index (χ2v) is 9.15. The van der Waals surface area contributed by atoms with Crippen LogP contribution in [0.25, 0.3) is 0 Å². The summed E-state index contributed by atoms with van der Waals surface area (Å²) in [6, 6.07) is 20.7. The average Bonchev–Trinajstić information content (AvgIpc) is 2.84. The first-order chi connectivity index (χ1) is 16.8. The highest BCUT2D eigenvalue weighted by Crippen LogP contribution is 2.26. The van der Waals surface area contributed by atoms with Gasteiger partial charge in [-0.15, -0.1) is 0 Å². The molecule has 0 aliphatic rings. The van der Waals surface area contributed by atoms with Gasteiger partial charge in [-0.2, -0.15) is 0 Å². The normalized spacial score (nSPS) is 11.6. The van der Waals surface area contributed by atoms with E-state index in [1.165, 1.54) is 0 Å². The maximum Gasteiger partial charge on any atom is 0.261 e. The van der Waals surface area contributed by atoms with Crippen molar-refractivity contribution in [2.45, 2.75) is 46.7 Å². The molecule has 0 bridgehead atoms. The van der Waals surface area contributed by atoms with Crippen LogP contribution in [0.5, 0.6) is 5.75 Å². The summed E-state index contributed by atoms with van der Waals surface area (Å²) < 4.78 is 5.89. The van der Waals surface area contributed by atoms with Crippen LogP contribution < -0.4 is 10.1 Å². The number of nitrogens with zero attached hydrogens (tertiary/aromatic N) is 1. The smallest absolute Gasteiger partial charge is 0.261 e. The molecule has 35 heavy (non-hydrogen) atoms. The van der Waals surface area contributed by atoms with Crippen LogP contribution in [-0.2, 0) is 22.6 Å². The minimum Gasteiger partial charge on any atom is -0.484 e. The Morgan fingerprint density at radius 1 is 0.943 bits per heavy atom. The van der Waals surface area contributed by atoms with Crippen molar-refractivity contribution < 1.29 is 14.3 Å². The van der Waals surface area contributed by atoms with Crippen molar-refractivity contribution in [3.8, 4) is 5.75 Å². The van der Waals surface area contributed by atoms with Crippen LogP contribution in [0.2, 0.25) is 5.02 Å². The predicted octanol–water partition coefficient (Wildman–Crippen LogP) is 5.42. The van der Waals surface area contributed by atoms with Crippen molar-refractivity contribution in [3.05, 3.63) is 99.6 Å². The maximum atomic E-state index is 13.6. The fourth-order valence-electron chi connectivity index (χ4n) is 4.07. The van der Waals surface area contributed by atoms with E-state index in [0.717, 1.165) is 27.8 Å². The molecule has 0 fully saturated rings. The summed E-state index contributed by atoms with van der Waals surface area (Å²) >= 11 is 6.27. The number of carbonyl (C=O) groups excluding carboxylic acids is 2. The first kappa shape index (κ1) is 26.3. The van der Waals surface area contributed by atoms with Crippen LogP contribution in [0.15, 0.2) is 66.7 Å². The molecule has 0 aromatic heterocycles. The first-order valence-corrected chi connectivity index (χ1v) is 12.2. The van der Waals surface area contributed by atoms with E-state index >= 15 is 0 Å². The molecule has 1 atom stereocenters. The van der Waals surface area contributed by atoms with Gasteiger partial charge in [0.05, 0.1) is 0 Å². The van der Waals surface area contributed by atoms with E-state index in [2.05, 4.69) is 5.32 Å². The van der Waals surface area contributed by atoms with Gasteiger partial charge in [0.2, 0.25) is 5.91 Å². The summed E-state index contributed by atoms with van der Waals surface area (Å²) in [5.41, 5.74) is 4.80. The third-order valence-electron chi connectivity index (χ3n) is 5.83. The summed E-state index contributed by atoms with van der Waals surface area (Å²) in [5, 5.41) is 3.59. The lowest BCUT2D eigenvalue weighted by atomic mass is 10.0. The molecule has 6 heteroatoms. The summed E-state index contributed by atoms with van der Waals surface area (Å²) in [5.74, 6) is 0.130. The molecular formula is C29H33ClN2O3. The molecule has 3 aromatic rings. The molecule has 0 spiro atoms. The Bertz CT molecular complexity index is 1140. The number of hydrogen-bond donors (Lipinski definition) is 1. The summed E-state index contributed by atoms with van der Waals surface area (Å²) in [4.78, 5) is 28.4. The molecule has 1 N–H and O–H groups in total. The third kappa shape index (κ3) is 7.33. The Morgan fingerprint density at radius 2 is 1.60 bits per heavy atom. The highest BCUT2D eigenvalue weighted by Gasteiger charge is 2.30. The van der Waals surface area contributed by atoms with E-state index in [-0.39, 0.29) is 18.4 Å². The minimum absolute atomic E-state index is 0.184. The second kappa shape index (κ2) is 12.4. The van der Waals surface area contributed by atoms with E-state index in [4.69, 9.17) is 16.3 Å². The largest absolute Gasteiger partial charge is 0.484 e. The van der Waals surface area contributed by atoms with Crippen molar-refractivity contribution >= 4 is 23.4 Å². The van der Waals surface area contributed by atoms with Crippen LogP contribution in [0.1, 0.15) is 34.7 Å².